The predicted molar refractivity (Wildman–Crippen MR) is 79.1 cm³/mol. The molecule has 2 rings (SSSR count). The van der Waals surface area contributed by atoms with Crippen LogP contribution in [0.25, 0.3) is 0 Å². The van der Waals surface area contributed by atoms with Crippen LogP contribution in [0.2, 0.25) is 0 Å². The molecule has 0 bridgehead atoms. The average molecular weight is 333 g/mol. The van der Waals surface area contributed by atoms with E-state index in [0.717, 1.165) is 0 Å². The van der Waals surface area contributed by atoms with Crippen LogP contribution in [-0.2, 0) is 24.2 Å². The monoisotopic (exact) mass is 333 g/mol. The fourth-order valence-electron chi connectivity index (χ4n) is 3.34. The SMILES string of the molecule is CC(C)CS(=O)(=O)CC(=O)N1C[C@H]2COCC[C@@]2(C(=O)O)C1. The maximum Gasteiger partial charge on any atom is 0.311 e. The summed E-state index contributed by atoms with van der Waals surface area (Å²) >= 11 is 0. The van der Waals surface area contributed by atoms with Gasteiger partial charge in [0, 0.05) is 25.6 Å². The van der Waals surface area contributed by atoms with Crippen molar-refractivity contribution in [2.75, 3.05) is 37.8 Å². The number of ether oxygens (including phenoxy) is 1. The van der Waals surface area contributed by atoms with E-state index in [1.807, 2.05) is 0 Å². The predicted octanol–water partition coefficient (Wildman–Crippen LogP) is 0.00690. The summed E-state index contributed by atoms with van der Waals surface area (Å²) in [7, 11) is -3.46. The second kappa shape index (κ2) is 6.16. The second-order valence-electron chi connectivity index (χ2n) is 6.71. The summed E-state index contributed by atoms with van der Waals surface area (Å²) in [5.74, 6) is -2.33. The van der Waals surface area contributed by atoms with Crippen molar-refractivity contribution in [2.45, 2.75) is 20.3 Å². The molecule has 126 valence electrons. The van der Waals surface area contributed by atoms with Crippen LogP contribution in [-0.4, -0.2) is 68.1 Å². The molecule has 0 aromatic rings. The molecular formula is C14H23NO6S. The Hall–Kier alpha value is -1.15. The summed E-state index contributed by atoms with van der Waals surface area (Å²) in [5.41, 5.74) is -0.990. The number of sulfone groups is 1. The summed E-state index contributed by atoms with van der Waals surface area (Å²) in [6, 6.07) is 0. The van der Waals surface area contributed by atoms with Gasteiger partial charge in [0.15, 0.2) is 9.84 Å². The first-order valence-corrected chi connectivity index (χ1v) is 9.28. The molecule has 0 aliphatic carbocycles. The highest BCUT2D eigenvalue weighted by atomic mass is 32.2. The van der Waals surface area contributed by atoms with Crippen LogP contribution in [0, 0.1) is 17.3 Å². The first kappa shape index (κ1) is 17.2. The molecule has 0 unspecified atom stereocenters. The van der Waals surface area contributed by atoms with E-state index < -0.39 is 32.9 Å². The number of fused-ring (bicyclic) bond motifs is 1. The van der Waals surface area contributed by atoms with Gasteiger partial charge in [-0.1, -0.05) is 13.8 Å². The smallest absolute Gasteiger partial charge is 0.311 e. The Bertz CT molecular complexity index is 558. The largest absolute Gasteiger partial charge is 0.481 e. The summed E-state index contributed by atoms with van der Waals surface area (Å²) in [6.07, 6.45) is 0.357. The highest BCUT2D eigenvalue weighted by Crippen LogP contribution is 2.42. The zero-order valence-corrected chi connectivity index (χ0v) is 13.8. The van der Waals surface area contributed by atoms with Gasteiger partial charge in [0.25, 0.3) is 0 Å². The van der Waals surface area contributed by atoms with Gasteiger partial charge in [0.1, 0.15) is 5.75 Å². The molecule has 1 N–H and O–H groups in total. The lowest BCUT2D eigenvalue weighted by atomic mass is 9.74. The topological polar surface area (TPSA) is 101 Å². The van der Waals surface area contributed by atoms with Crippen LogP contribution in [0.1, 0.15) is 20.3 Å². The third-order valence-electron chi connectivity index (χ3n) is 4.42. The fourth-order valence-corrected chi connectivity index (χ4v) is 5.03. The fraction of sp³-hybridized carbons (Fsp3) is 0.857. The van der Waals surface area contributed by atoms with E-state index in [9.17, 15) is 23.1 Å². The Morgan fingerprint density at radius 1 is 1.41 bits per heavy atom. The molecule has 22 heavy (non-hydrogen) atoms. The summed E-state index contributed by atoms with van der Waals surface area (Å²) in [5, 5.41) is 9.54. The number of likely N-dealkylation sites (tertiary alicyclic amines) is 1. The highest BCUT2D eigenvalue weighted by molar-refractivity contribution is 7.92. The number of aliphatic carboxylic acids is 1. The van der Waals surface area contributed by atoms with E-state index in [1.54, 1.807) is 13.8 Å². The lowest BCUT2D eigenvalue weighted by molar-refractivity contribution is -0.157. The Kier molecular flexibility index (Phi) is 4.81. The minimum absolute atomic E-state index is 0.0385. The van der Waals surface area contributed by atoms with Crippen molar-refractivity contribution < 1.29 is 27.9 Å². The molecule has 0 aromatic carbocycles. The minimum Gasteiger partial charge on any atom is -0.481 e. The van der Waals surface area contributed by atoms with E-state index in [-0.39, 0.29) is 30.7 Å². The summed E-state index contributed by atoms with van der Waals surface area (Å²) in [4.78, 5) is 25.3. The third kappa shape index (κ3) is 3.43. The molecule has 7 nitrogen and oxygen atoms in total. The molecule has 8 heteroatoms. The van der Waals surface area contributed by atoms with Crippen LogP contribution < -0.4 is 0 Å². The molecule has 2 aliphatic rings. The number of hydrogen-bond acceptors (Lipinski definition) is 5. The van der Waals surface area contributed by atoms with E-state index in [2.05, 4.69) is 0 Å². The van der Waals surface area contributed by atoms with Crippen molar-refractivity contribution in [1.82, 2.24) is 4.90 Å². The van der Waals surface area contributed by atoms with Gasteiger partial charge in [-0.25, -0.2) is 8.42 Å². The van der Waals surface area contributed by atoms with Crippen LogP contribution in [0.4, 0.5) is 0 Å². The Labute approximate surface area is 130 Å². The lowest BCUT2D eigenvalue weighted by Gasteiger charge is -2.33. The van der Waals surface area contributed by atoms with E-state index in [0.29, 0.717) is 19.6 Å². The molecular weight excluding hydrogens is 310 g/mol. The van der Waals surface area contributed by atoms with Gasteiger partial charge in [-0.3, -0.25) is 9.59 Å². The molecule has 2 aliphatic heterocycles. The third-order valence-corrected chi connectivity index (χ3v) is 6.28. The maximum atomic E-state index is 12.3. The Balaban J connectivity index is 2.08. The van der Waals surface area contributed by atoms with Crippen molar-refractivity contribution in [3.05, 3.63) is 0 Å². The number of rotatable bonds is 5. The van der Waals surface area contributed by atoms with Crippen LogP contribution in [0.3, 0.4) is 0 Å². The molecule has 2 atom stereocenters. The van der Waals surface area contributed by atoms with Gasteiger partial charge in [-0.05, 0) is 12.3 Å². The molecule has 0 aromatic heterocycles. The van der Waals surface area contributed by atoms with E-state index >= 15 is 0 Å². The molecule has 1 amide bonds. The van der Waals surface area contributed by atoms with Crippen molar-refractivity contribution >= 4 is 21.7 Å². The number of carbonyl (C=O) groups excluding carboxylic acids is 1. The number of hydrogen-bond donors (Lipinski definition) is 1. The van der Waals surface area contributed by atoms with Crippen LogP contribution >= 0.6 is 0 Å². The summed E-state index contributed by atoms with van der Waals surface area (Å²) in [6.45, 7) is 4.55. The molecule has 0 saturated carbocycles. The van der Waals surface area contributed by atoms with Gasteiger partial charge in [-0.2, -0.15) is 0 Å². The van der Waals surface area contributed by atoms with Gasteiger partial charge < -0.3 is 14.7 Å². The minimum atomic E-state index is -3.46. The van der Waals surface area contributed by atoms with E-state index in [1.165, 1.54) is 4.90 Å². The van der Waals surface area contributed by atoms with Crippen molar-refractivity contribution in [3.63, 3.8) is 0 Å². The number of carboxylic acid groups (broad SMARTS) is 1. The normalized spacial score (nSPS) is 28.7. The van der Waals surface area contributed by atoms with Gasteiger partial charge in [0.05, 0.1) is 17.8 Å². The number of carbonyl (C=O) groups is 2. The first-order valence-electron chi connectivity index (χ1n) is 7.45. The van der Waals surface area contributed by atoms with Gasteiger partial charge in [0.2, 0.25) is 5.91 Å². The number of amides is 1. The van der Waals surface area contributed by atoms with Gasteiger partial charge in [-0.15, -0.1) is 0 Å². The Morgan fingerprint density at radius 3 is 2.64 bits per heavy atom. The second-order valence-corrected chi connectivity index (χ2v) is 8.81. The lowest BCUT2D eigenvalue weighted by Crippen LogP contribution is -2.45. The standard InChI is InChI=1S/C14H23NO6S/c1-10(2)7-22(19,20)8-12(16)15-5-11-6-21-4-3-14(11,9-15)13(17)18/h10-11H,3-9H2,1-2H3,(H,17,18)/t11-,14+/m0/s1. The molecule has 0 spiro atoms. The maximum absolute atomic E-state index is 12.3. The van der Waals surface area contributed by atoms with Crippen molar-refractivity contribution in [3.8, 4) is 0 Å². The molecule has 2 fully saturated rings. The highest BCUT2D eigenvalue weighted by Gasteiger charge is 2.55. The quantitative estimate of drug-likeness (QED) is 0.760. The zero-order chi connectivity index (χ0) is 16.5. The van der Waals surface area contributed by atoms with Crippen LogP contribution in [0.15, 0.2) is 0 Å². The van der Waals surface area contributed by atoms with Gasteiger partial charge >= 0.3 is 5.97 Å². The van der Waals surface area contributed by atoms with Crippen LogP contribution in [0.5, 0.6) is 0 Å². The average Bonchev–Trinajstić information content (AvgIpc) is 2.77. The molecule has 2 heterocycles. The molecule has 0 radical (unpaired) electrons. The number of carboxylic acids is 1. The van der Waals surface area contributed by atoms with E-state index in [4.69, 9.17) is 4.74 Å². The molecule has 2 saturated heterocycles. The van der Waals surface area contributed by atoms with Crippen molar-refractivity contribution in [1.29, 1.82) is 0 Å². The summed E-state index contributed by atoms with van der Waals surface area (Å²) < 4.78 is 29.2. The number of nitrogens with zero attached hydrogens (tertiary/aromatic N) is 1. The Morgan fingerprint density at radius 2 is 2.09 bits per heavy atom. The first-order chi connectivity index (χ1) is 10.2. The van der Waals surface area contributed by atoms with Crippen molar-refractivity contribution in [2.24, 2.45) is 17.3 Å². The zero-order valence-electron chi connectivity index (χ0n) is 12.9.